The van der Waals surface area contributed by atoms with Gasteiger partial charge in [-0.05, 0) is 77.5 Å². The van der Waals surface area contributed by atoms with E-state index in [-0.39, 0.29) is 23.3 Å². The van der Waals surface area contributed by atoms with E-state index < -0.39 is 11.7 Å². The number of amides is 1. The fourth-order valence-corrected chi connectivity index (χ4v) is 4.03. The number of nitrogen functional groups attached to an aromatic ring is 1. The molecule has 10 heteroatoms. The number of halogens is 2. The Labute approximate surface area is 227 Å². The topological polar surface area (TPSA) is 107 Å². The monoisotopic (exact) mass is 612 g/mol. The molecule has 4 N–H and O–H groups in total. The number of rotatable bonds is 7. The highest BCUT2D eigenvalue weighted by Crippen LogP contribution is 2.24. The van der Waals surface area contributed by atoms with E-state index in [9.17, 15) is 9.18 Å². The van der Waals surface area contributed by atoms with E-state index in [2.05, 4.69) is 20.6 Å². The van der Waals surface area contributed by atoms with E-state index in [1.165, 1.54) is 6.07 Å². The number of hydrogen-bond acceptors (Lipinski definition) is 6. The molecule has 0 bridgehead atoms. The molecule has 0 unspecified atom stereocenters. The lowest BCUT2D eigenvalue weighted by Gasteiger charge is -2.17. The smallest absolute Gasteiger partial charge is 0.257 e. The maximum Gasteiger partial charge on any atom is 0.257 e. The van der Waals surface area contributed by atoms with Crippen LogP contribution in [0.4, 0.5) is 27.3 Å². The first kappa shape index (κ1) is 26.1. The van der Waals surface area contributed by atoms with Crippen LogP contribution in [0.15, 0.2) is 71.9 Å². The number of ether oxygens (including phenoxy) is 1. The van der Waals surface area contributed by atoms with Crippen molar-refractivity contribution in [3.63, 3.8) is 0 Å². The summed E-state index contributed by atoms with van der Waals surface area (Å²) in [4.78, 5) is 22.5. The zero-order valence-electron chi connectivity index (χ0n) is 20.5. The standard InChI is InChI=1S/C27H26FIN6O2/c1-16-4-8-19(15-31-16)33-23-13-24(30)35(2)26(34-22-11-7-18(29)12-21(22)28)25(23)27(36)32-14-17-5-9-20(37-3)10-6-17/h4-13,15,33H,14,30H2,1-3H3,(H,32,36). The average molecular weight is 612 g/mol. The Kier molecular flexibility index (Phi) is 8.07. The van der Waals surface area contributed by atoms with Crippen molar-refractivity contribution in [1.82, 2.24) is 14.9 Å². The first-order chi connectivity index (χ1) is 17.7. The number of anilines is 3. The summed E-state index contributed by atoms with van der Waals surface area (Å²) in [6, 6.07) is 17.4. The number of nitrogens with one attached hydrogen (secondary N) is 2. The van der Waals surface area contributed by atoms with E-state index in [1.54, 1.807) is 43.1 Å². The maximum absolute atomic E-state index is 14.7. The zero-order valence-corrected chi connectivity index (χ0v) is 22.7. The van der Waals surface area contributed by atoms with Crippen molar-refractivity contribution in [2.75, 3.05) is 18.2 Å². The summed E-state index contributed by atoms with van der Waals surface area (Å²) in [6.45, 7) is 2.15. The molecule has 0 saturated carbocycles. The fourth-order valence-electron chi connectivity index (χ4n) is 3.58. The minimum absolute atomic E-state index is 0.0915. The van der Waals surface area contributed by atoms with Gasteiger partial charge in [0.25, 0.3) is 5.91 Å². The number of methoxy groups -OCH3 is 1. The van der Waals surface area contributed by atoms with Gasteiger partial charge in [0.1, 0.15) is 34.1 Å². The highest BCUT2D eigenvalue weighted by molar-refractivity contribution is 14.1. The Morgan fingerprint density at radius 3 is 2.57 bits per heavy atom. The number of aromatic nitrogens is 2. The fraction of sp³-hybridized carbons (Fsp3) is 0.148. The molecule has 2 heterocycles. The van der Waals surface area contributed by atoms with Crippen LogP contribution in [0.2, 0.25) is 0 Å². The molecule has 8 nitrogen and oxygen atoms in total. The lowest BCUT2D eigenvalue weighted by molar-refractivity contribution is 0.0949. The van der Waals surface area contributed by atoms with Crippen LogP contribution in [-0.4, -0.2) is 22.6 Å². The molecule has 2 aromatic heterocycles. The molecule has 4 rings (SSSR count). The minimum atomic E-state index is -0.504. The van der Waals surface area contributed by atoms with E-state index in [0.29, 0.717) is 17.2 Å². The predicted octanol–water partition coefficient (Wildman–Crippen LogP) is 4.97. The molecular formula is C27H26FIN6O2. The Morgan fingerprint density at radius 1 is 1.16 bits per heavy atom. The van der Waals surface area contributed by atoms with Crippen molar-refractivity contribution in [1.29, 1.82) is 0 Å². The maximum atomic E-state index is 14.7. The van der Waals surface area contributed by atoms with E-state index in [1.807, 2.05) is 65.9 Å². The van der Waals surface area contributed by atoms with E-state index >= 15 is 0 Å². The molecule has 37 heavy (non-hydrogen) atoms. The predicted molar refractivity (Wildman–Crippen MR) is 151 cm³/mol. The molecule has 0 fully saturated rings. The highest BCUT2D eigenvalue weighted by Gasteiger charge is 2.19. The van der Waals surface area contributed by atoms with Gasteiger partial charge < -0.3 is 25.7 Å². The molecule has 0 aliphatic rings. The van der Waals surface area contributed by atoms with Crippen LogP contribution < -0.4 is 26.6 Å². The summed E-state index contributed by atoms with van der Waals surface area (Å²) in [7, 11) is 3.27. The minimum Gasteiger partial charge on any atom is -0.497 e. The van der Waals surface area contributed by atoms with Crippen molar-refractivity contribution in [3.8, 4) is 5.75 Å². The summed E-state index contributed by atoms with van der Waals surface area (Å²) >= 11 is 2.03. The molecule has 0 aliphatic carbocycles. The van der Waals surface area contributed by atoms with Crippen LogP contribution in [0, 0.1) is 16.3 Å². The van der Waals surface area contributed by atoms with Gasteiger partial charge in [-0.25, -0.2) is 9.38 Å². The van der Waals surface area contributed by atoms with Gasteiger partial charge in [0.05, 0.1) is 24.7 Å². The Hall–Kier alpha value is -3.93. The molecule has 0 saturated heterocycles. The third kappa shape index (κ3) is 6.26. The Balaban J connectivity index is 1.81. The van der Waals surface area contributed by atoms with Crippen molar-refractivity contribution in [2.45, 2.75) is 13.5 Å². The van der Waals surface area contributed by atoms with Crippen molar-refractivity contribution in [2.24, 2.45) is 12.0 Å². The number of nitrogens with zero attached hydrogens (tertiary/aromatic N) is 3. The molecular weight excluding hydrogens is 586 g/mol. The van der Waals surface area contributed by atoms with Gasteiger partial charge in [-0.15, -0.1) is 0 Å². The van der Waals surface area contributed by atoms with Gasteiger partial charge in [0.15, 0.2) is 0 Å². The van der Waals surface area contributed by atoms with Gasteiger partial charge in [-0.2, -0.15) is 0 Å². The van der Waals surface area contributed by atoms with Crippen molar-refractivity contribution in [3.05, 3.63) is 98.6 Å². The van der Waals surface area contributed by atoms with Crippen LogP contribution in [0.3, 0.4) is 0 Å². The van der Waals surface area contributed by atoms with Crippen molar-refractivity contribution >= 4 is 51.4 Å². The Morgan fingerprint density at radius 2 is 1.92 bits per heavy atom. The highest BCUT2D eigenvalue weighted by atomic mass is 127. The van der Waals surface area contributed by atoms with E-state index in [0.717, 1.165) is 20.6 Å². The second kappa shape index (κ2) is 11.4. The molecule has 2 aromatic carbocycles. The van der Waals surface area contributed by atoms with Gasteiger partial charge in [0, 0.05) is 28.9 Å². The third-order valence-electron chi connectivity index (χ3n) is 5.66. The second-order valence-electron chi connectivity index (χ2n) is 8.29. The molecule has 0 atom stereocenters. The summed E-state index contributed by atoms with van der Waals surface area (Å²) in [5.41, 5.74) is 9.60. The summed E-state index contributed by atoms with van der Waals surface area (Å²) in [5.74, 6) is 0.147. The second-order valence-corrected chi connectivity index (χ2v) is 9.54. The molecule has 0 spiro atoms. The molecule has 0 radical (unpaired) electrons. The molecule has 4 aromatic rings. The molecule has 0 aliphatic heterocycles. The molecule has 1 amide bonds. The largest absolute Gasteiger partial charge is 0.497 e. The average Bonchev–Trinajstić information content (AvgIpc) is 2.88. The van der Waals surface area contributed by atoms with Gasteiger partial charge >= 0.3 is 0 Å². The Bertz CT molecular complexity index is 1500. The number of carbonyl (C=O) groups excluding carboxylic acids is 1. The number of benzene rings is 2. The number of hydrogen-bond donors (Lipinski definition) is 3. The van der Waals surface area contributed by atoms with Crippen LogP contribution in [0.25, 0.3) is 0 Å². The van der Waals surface area contributed by atoms with E-state index in [4.69, 9.17) is 10.5 Å². The lowest BCUT2D eigenvalue weighted by Crippen LogP contribution is -2.34. The van der Waals surface area contributed by atoms with Crippen LogP contribution in [0.1, 0.15) is 21.6 Å². The van der Waals surface area contributed by atoms with Gasteiger partial charge in [-0.1, -0.05) is 12.1 Å². The van der Waals surface area contributed by atoms with Crippen LogP contribution in [0.5, 0.6) is 5.75 Å². The first-order valence-corrected chi connectivity index (χ1v) is 12.4. The number of pyridine rings is 2. The first-order valence-electron chi connectivity index (χ1n) is 11.3. The summed E-state index contributed by atoms with van der Waals surface area (Å²) in [6.07, 6.45) is 1.66. The SMILES string of the molecule is COc1ccc(CNC(=O)c2c(Nc3ccc(C)nc3)cc(N)n(C)c2=Nc2ccc(I)cc2F)cc1. The quantitative estimate of drug-likeness (QED) is 0.256. The number of nitrogens with two attached hydrogens (primary N) is 1. The lowest BCUT2D eigenvalue weighted by atomic mass is 10.1. The van der Waals surface area contributed by atoms with Crippen LogP contribution in [-0.2, 0) is 13.6 Å². The van der Waals surface area contributed by atoms with Gasteiger partial charge in [-0.3, -0.25) is 9.78 Å². The number of aryl methyl sites for hydroxylation is 1. The summed E-state index contributed by atoms with van der Waals surface area (Å²) < 4.78 is 22.2. The van der Waals surface area contributed by atoms with Gasteiger partial charge in [0.2, 0.25) is 0 Å². The third-order valence-corrected chi connectivity index (χ3v) is 6.33. The van der Waals surface area contributed by atoms with Crippen molar-refractivity contribution < 1.29 is 13.9 Å². The molecule has 190 valence electrons. The zero-order chi connectivity index (χ0) is 26.5. The number of carbonyl (C=O) groups is 1. The summed E-state index contributed by atoms with van der Waals surface area (Å²) in [5, 5.41) is 6.16. The van der Waals surface area contributed by atoms with Crippen LogP contribution >= 0.6 is 22.6 Å². The normalized spacial score (nSPS) is 11.3.